The van der Waals surface area contributed by atoms with Gasteiger partial charge in [-0.15, -0.1) is 0 Å². The first kappa shape index (κ1) is 18.1. The van der Waals surface area contributed by atoms with E-state index in [0.717, 1.165) is 12.4 Å². The van der Waals surface area contributed by atoms with Crippen LogP contribution in [0.25, 0.3) is 11.4 Å². The fourth-order valence-electron chi connectivity index (χ4n) is 2.17. The highest BCUT2D eigenvalue weighted by Crippen LogP contribution is 2.32. The van der Waals surface area contributed by atoms with Gasteiger partial charge in [0.05, 0.1) is 18.7 Å². The van der Waals surface area contributed by atoms with Gasteiger partial charge in [-0.05, 0) is 6.07 Å². The summed E-state index contributed by atoms with van der Waals surface area (Å²) in [5, 5.41) is 0.294. The molecule has 0 amide bonds. The van der Waals surface area contributed by atoms with Crippen LogP contribution in [0.1, 0.15) is 11.5 Å². The molecule has 0 saturated heterocycles. The van der Waals surface area contributed by atoms with Crippen molar-refractivity contribution in [2.24, 2.45) is 0 Å². The summed E-state index contributed by atoms with van der Waals surface area (Å²) in [5.41, 5.74) is -0.961. The minimum Gasteiger partial charge on any atom is -0.492 e. The molecule has 0 aliphatic rings. The third kappa shape index (κ3) is 3.74. The van der Waals surface area contributed by atoms with Crippen molar-refractivity contribution >= 4 is 11.6 Å². The molecule has 136 valence electrons. The summed E-state index contributed by atoms with van der Waals surface area (Å²) < 4.78 is 58.7. The maximum absolute atomic E-state index is 13.5. The molecule has 0 saturated carbocycles. The minimum atomic E-state index is -4.65. The molecule has 0 spiro atoms. The number of halogens is 5. The lowest BCUT2D eigenvalue weighted by molar-refractivity contribution is -0.140. The first-order chi connectivity index (χ1) is 12.3. The van der Waals surface area contributed by atoms with Crippen molar-refractivity contribution in [1.82, 2.24) is 24.5 Å². The molecule has 0 atom stereocenters. The van der Waals surface area contributed by atoms with E-state index in [9.17, 15) is 17.6 Å². The lowest BCUT2D eigenvalue weighted by Crippen LogP contribution is -2.06. The molecule has 0 N–H and O–H groups in total. The predicted molar refractivity (Wildman–Crippen MR) is 83.1 cm³/mol. The molecule has 3 aromatic heterocycles. The quantitative estimate of drug-likeness (QED) is 0.505. The van der Waals surface area contributed by atoms with Crippen LogP contribution >= 0.6 is 11.6 Å². The number of pyridine rings is 1. The van der Waals surface area contributed by atoms with Gasteiger partial charge in [0, 0.05) is 30.4 Å². The van der Waals surface area contributed by atoms with Gasteiger partial charge in [0.25, 0.3) is 5.95 Å². The zero-order valence-electron chi connectivity index (χ0n) is 13.1. The average Bonchev–Trinajstić information content (AvgIpc) is 3.01. The van der Waals surface area contributed by atoms with Crippen molar-refractivity contribution in [2.45, 2.75) is 12.7 Å². The Morgan fingerprint density at radius 3 is 2.46 bits per heavy atom. The van der Waals surface area contributed by atoms with Crippen LogP contribution in [0.5, 0.6) is 5.75 Å². The molecule has 26 heavy (non-hydrogen) atoms. The van der Waals surface area contributed by atoms with Gasteiger partial charge in [-0.1, -0.05) is 11.6 Å². The number of alkyl halides is 3. The Morgan fingerprint density at radius 1 is 1.15 bits per heavy atom. The molecular formula is C15H10ClF4N5O. The first-order valence-electron chi connectivity index (χ1n) is 7.08. The molecule has 0 fully saturated rings. The molecule has 0 aliphatic heterocycles. The molecule has 11 heteroatoms. The van der Waals surface area contributed by atoms with Crippen LogP contribution in [0.3, 0.4) is 0 Å². The zero-order chi connectivity index (χ0) is 18.9. The van der Waals surface area contributed by atoms with Crippen LogP contribution in [-0.2, 0) is 12.7 Å². The summed E-state index contributed by atoms with van der Waals surface area (Å²) in [6, 6.07) is 1.21. The van der Waals surface area contributed by atoms with E-state index in [1.54, 1.807) is 0 Å². The third-order valence-corrected chi connectivity index (χ3v) is 3.53. The number of aromatic nitrogens is 5. The van der Waals surface area contributed by atoms with E-state index in [1.165, 1.54) is 30.1 Å². The van der Waals surface area contributed by atoms with Gasteiger partial charge in [-0.2, -0.15) is 17.6 Å². The maximum Gasteiger partial charge on any atom is 0.434 e. The molecule has 3 aromatic rings. The fourth-order valence-corrected chi connectivity index (χ4v) is 2.27. The zero-order valence-corrected chi connectivity index (χ0v) is 13.9. The van der Waals surface area contributed by atoms with Crippen molar-refractivity contribution < 1.29 is 22.3 Å². The molecule has 0 aliphatic carbocycles. The van der Waals surface area contributed by atoms with Crippen LogP contribution in [0, 0.1) is 5.95 Å². The summed E-state index contributed by atoms with van der Waals surface area (Å²) >= 11 is 5.70. The second-order valence-corrected chi connectivity index (χ2v) is 5.55. The average molecular weight is 388 g/mol. The molecule has 3 heterocycles. The van der Waals surface area contributed by atoms with E-state index in [-0.39, 0.29) is 29.5 Å². The Labute approximate surface area is 149 Å². The van der Waals surface area contributed by atoms with E-state index in [4.69, 9.17) is 16.3 Å². The Hall–Kier alpha value is -2.75. The van der Waals surface area contributed by atoms with Crippen molar-refractivity contribution in [3.63, 3.8) is 0 Å². The molecule has 0 radical (unpaired) electrons. The number of nitrogens with zero attached hydrogens (tertiary/aromatic N) is 5. The van der Waals surface area contributed by atoms with Gasteiger partial charge < -0.3 is 9.30 Å². The third-order valence-electron chi connectivity index (χ3n) is 3.34. The Morgan fingerprint density at radius 2 is 1.85 bits per heavy atom. The molecular weight excluding hydrogens is 378 g/mol. The van der Waals surface area contributed by atoms with Crippen LogP contribution in [0.15, 0.2) is 30.9 Å². The summed E-state index contributed by atoms with van der Waals surface area (Å²) in [6.45, 7) is -0.102. The van der Waals surface area contributed by atoms with Gasteiger partial charge in [0.1, 0.15) is 11.6 Å². The van der Waals surface area contributed by atoms with Gasteiger partial charge in [-0.3, -0.25) is 0 Å². The van der Waals surface area contributed by atoms with E-state index >= 15 is 0 Å². The molecule has 0 unspecified atom stereocenters. The van der Waals surface area contributed by atoms with Crippen LogP contribution < -0.4 is 4.74 Å². The second-order valence-electron chi connectivity index (χ2n) is 5.11. The van der Waals surface area contributed by atoms with Crippen LogP contribution in [0.2, 0.25) is 5.02 Å². The highest BCUT2D eigenvalue weighted by molar-refractivity contribution is 6.30. The summed E-state index contributed by atoms with van der Waals surface area (Å²) in [5.74, 6) is -0.953. The largest absolute Gasteiger partial charge is 0.492 e. The summed E-state index contributed by atoms with van der Waals surface area (Å²) in [7, 11) is 1.22. The monoisotopic (exact) mass is 387 g/mol. The highest BCUT2D eigenvalue weighted by Gasteiger charge is 2.35. The van der Waals surface area contributed by atoms with E-state index < -0.39 is 17.8 Å². The Kier molecular flexibility index (Phi) is 4.77. The van der Waals surface area contributed by atoms with E-state index in [2.05, 4.69) is 19.9 Å². The normalized spacial score (nSPS) is 11.6. The maximum atomic E-state index is 13.5. The topological polar surface area (TPSA) is 65.7 Å². The van der Waals surface area contributed by atoms with Gasteiger partial charge >= 0.3 is 6.18 Å². The number of hydrogen-bond donors (Lipinski definition) is 0. The first-order valence-corrected chi connectivity index (χ1v) is 7.46. The van der Waals surface area contributed by atoms with Gasteiger partial charge in [0.2, 0.25) is 0 Å². The smallest absolute Gasteiger partial charge is 0.434 e. The SMILES string of the molecule is COc1cc(-c2nc(C(F)(F)F)cn2Cc2ncc(Cl)cn2)cnc1F. The number of methoxy groups -OCH3 is 1. The van der Waals surface area contributed by atoms with Crippen molar-refractivity contribution in [3.05, 3.63) is 53.3 Å². The summed E-state index contributed by atoms with van der Waals surface area (Å²) in [6.07, 6.45) is -0.109. The standard InChI is InChI=1S/C15H10ClF4N5O/c1-26-10-2-8(3-23-13(10)17)14-24-11(15(18,19)20)6-25(14)7-12-21-4-9(16)5-22-12/h2-6H,7H2,1H3. The molecule has 3 rings (SSSR count). The van der Waals surface area contributed by atoms with Crippen LogP contribution in [-0.4, -0.2) is 31.6 Å². The second kappa shape index (κ2) is 6.87. The van der Waals surface area contributed by atoms with Gasteiger partial charge in [0.15, 0.2) is 11.4 Å². The van der Waals surface area contributed by atoms with Crippen molar-refractivity contribution in [2.75, 3.05) is 7.11 Å². The number of rotatable bonds is 4. The highest BCUT2D eigenvalue weighted by atomic mass is 35.5. The lowest BCUT2D eigenvalue weighted by Gasteiger charge is -2.08. The fraction of sp³-hybridized carbons (Fsp3) is 0.200. The van der Waals surface area contributed by atoms with Crippen molar-refractivity contribution in [3.8, 4) is 17.1 Å². The number of imidazole rings is 1. The number of hydrogen-bond acceptors (Lipinski definition) is 5. The molecule has 0 bridgehead atoms. The van der Waals surface area contributed by atoms with Crippen molar-refractivity contribution in [1.29, 1.82) is 0 Å². The Balaban J connectivity index is 2.08. The molecule has 0 aromatic carbocycles. The number of ether oxygens (including phenoxy) is 1. The summed E-state index contributed by atoms with van der Waals surface area (Å²) in [4.78, 5) is 15.0. The van der Waals surface area contributed by atoms with Crippen LogP contribution in [0.4, 0.5) is 17.6 Å². The predicted octanol–water partition coefficient (Wildman–Crippen LogP) is 3.60. The lowest BCUT2D eigenvalue weighted by atomic mass is 10.2. The van der Waals surface area contributed by atoms with E-state index in [1.807, 2.05) is 0 Å². The van der Waals surface area contributed by atoms with Gasteiger partial charge in [-0.25, -0.2) is 19.9 Å². The Bertz CT molecular complexity index is 927. The van der Waals surface area contributed by atoms with E-state index in [0.29, 0.717) is 5.02 Å². The minimum absolute atomic E-state index is 0.0818. The molecule has 6 nitrogen and oxygen atoms in total.